The lowest BCUT2D eigenvalue weighted by Gasteiger charge is -2.27. The van der Waals surface area contributed by atoms with E-state index in [1.165, 1.54) is 6.07 Å². The quantitative estimate of drug-likeness (QED) is 0.797. The number of ether oxygens (including phenoxy) is 2. The number of nitrogens with zero attached hydrogens (tertiary/aromatic N) is 2. The molecule has 0 saturated carbocycles. The summed E-state index contributed by atoms with van der Waals surface area (Å²) in [6.45, 7) is 2.06. The van der Waals surface area contributed by atoms with Crippen LogP contribution in [0.1, 0.15) is 24.4 Å². The van der Waals surface area contributed by atoms with E-state index < -0.39 is 5.95 Å². The van der Waals surface area contributed by atoms with Gasteiger partial charge in [0, 0.05) is 6.54 Å². The Kier molecular flexibility index (Phi) is 3.33. The summed E-state index contributed by atoms with van der Waals surface area (Å²) in [5, 5.41) is 0. The molecule has 1 aromatic heterocycles. The van der Waals surface area contributed by atoms with Crippen molar-refractivity contribution in [3.8, 4) is 11.5 Å². The molecule has 1 aromatic carbocycles. The van der Waals surface area contributed by atoms with Gasteiger partial charge in [-0.1, -0.05) is 12.1 Å². The third kappa shape index (κ3) is 2.36. The first kappa shape index (κ1) is 13.4. The van der Waals surface area contributed by atoms with Crippen LogP contribution in [0, 0.1) is 5.95 Å². The van der Waals surface area contributed by atoms with Crippen molar-refractivity contribution in [1.82, 2.24) is 4.98 Å². The number of aromatic nitrogens is 1. The van der Waals surface area contributed by atoms with Crippen LogP contribution in [0.2, 0.25) is 0 Å². The molecular weight excluding hydrogens is 283 g/mol. The molecule has 22 heavy (non-hydrogen) atoms. The van der Waals surface area contributed by atoms with E-state index in [2.05, 4.69) is 16.0 Å². The van der Waals surface area contributed by atoms with Gasteiger partial charge in [0.25, 0.3) is 0 Å². The molecule has 4 nitrogen and oxygen atoms in total. The van der Waals surface area contributed by atoms with E-state index in [0.29, 0.717) is 19.0 Å². The van der Waals surface area contributed by atoms with Crippen LogP contribution >= 0.6 is 0 Å². The fourth-order valence-electron chi connectivity index (χ4n) is 3.21. The predicted octanol–water partition coefficient (Wildman–Crippen LogP) is 3.33. The highest BCUT2D eigenvalue weighted by atomic mass is 19.1. The lowest BCUT2D eigenvalue weighted by molar-refractivity contribution is 0.171. The van der Waals surface area contributed by atoms with Gasteiger partial charge in [-0.05, 0) is 42.7 Å². The predicted molar refractivity (Wildman–Crippen MR) is 80.9 cm³/mol. The van der Waals surface area contributed by atoms with Crippen molar-refractivity contribution in [2.45, 2.75) is 18.9 Å². The van der Waals surface area contributed by atoms with Crippen molar-refractivity contribution in [3.63, 3.8) is 0 Å². The van der Waals surface area contributed by atoms with Crippen molar-refractivity contribution in [1.29, 1.82) is 0 Å². The number of hydrogen-bond donors (Lipinski definition) is 0. The Labute approximate surface area is 128 Å². The number of rotatable bonds is 2. The number of anilines is 1. The fourth-order valence-corrected chi connectivity index (χ4v) is 3.21. The van der Waals surface area contributed by atoms with Gasteiger partial charge in [-0.2, -0.15) is 4.39 Å². The minimum absolute atomic E-state index is 0.199. The summed E-state index contributed by atoms with van der Waals surface area (Å²) in [5.41, 5.74) is 1.16. The fraction of sp³-hybridized carbons (Fsp3) is 0.353. The molecule has 1 fully saturated rings. The van der Waals surface area contributed by atoms with E-state index in [4.69, 9.17) is 9.47 Å². The maximum Gasteiger partial charge on any atom is 0.214 e. The van der Waals surface area contributed by atoms with Crippen molar-refractivity contribution < 1.29 is 13.9 Å². The molecule has 2 aliphatic heterocycles. The topological polar surface area (TPSA) is 34.6 Å². The zero-order chi connectivity index (χ0) is 14.9. The average molecular weight is 300 g/mol. The molecule has 0 aliphatic carbocycles. The van der Waals surface area contributed by atoms with Gasteiger partial charge in [-0.25, -0.2) is 4.98 Å². The van der Waals surface area contributed by atoms with Crippen molar-refractivity contribution in [3.05, 3.63) is 47.9 Å². The zero-order valence-electron chi connectivity index (χ0n) is 12.2. The molecule has 1 atom stereocenters. The Morgan fingerprint density at radius 1 is 1.09 bits per heavy atom. The number of pyridine rings is 1. The molecule has 0 radical (unpaired) electrons. The maximum atomic E-state index is 13.4. The summed E-state index contributed by atoms with van der Waals surface area (Å²) in [4.78, 5) is 6.18. The van der Waals surface area contributed by atoms with Crippen LogP contribution in [0.4, 0.5) is 10.2 Å². The second kappa shape index (κ2) is 5.48. The van der Waals surface area contributed by atoms with Crippen molar-refractivity contribution >= 4 is 5.82 Å². The van der Waals surface area contributed by atoms with Gasteiger partial charge in [0.15, 0.2) is 11.5 Å². The molecule has 0 N–H and O–H groups in total. The SMILES string of the molecule is Fc1cccc(N2CCCC2c2ccc3c(c2)OCCO3)n1. The van der Waals surface area contributed by atoms with Gasteiger partial charge in [-0.3, -0.25) is 0 Å². The minimum atomic E-state index is -0.440. The minimum Gasteiger partial charge on any atom is -0.486 e. The number of benzene rings is 1. The third-order valence-electron chi connectivity index (χ3n) is 4.20. The molecule has 2 aromatic rings. The second-order valence-corrected chi connectivity index (χ2v) is 5.57. The summed E-state index contributed by atoms with van der Waals surface area (Å²) in [7, 11) is 0. The smallest absolute Gasteiger partial charge is 0.214 e. The molecule has 4 rings (SSSR count). The molecule has 0 bridgehead atoms. The van der Waals surface area contributed by atoms with Gasteiger partial charge in [0.2, 0.25) is 5.95 Å². The molecule has 114 valence electrons. The highest BCUT2D eigenvalue weighted by Crippen LogP contribution is 2.39. The summed E-state index contributed by atoms with van der Waals surface area (Å²) in [6.07, 6.45) is 2.09. The van der Waals surface area contributed by atoms with E-state index in [1.807, 2.05) is 18.2 Å². The normalized spacial score (nSPS) is 20.2. The molecule has 1 saturated heterocycles. The lowest BCUT2D eigenvalue weighted by atomic mass is 10.0. The Hall–Kier alpha value is -2.30. The summed E-state index contributed by atoms with van der Waals surface area (Å²) in [6, 6.07) is 11.2. The second-order valence-electron chi connectivity index (χ2n) is 5.57. The molecular formula is C17H17FN2O2. The van der Waals surface area contributed by atoms with E-state index >= 15 is 0 Å². The summed E-state index contributed by atoms with van der Waals surface area (Å²) >= 11 is 0. The Balaban J connectivity index is 1.66. The van der Waals surface area contributed by atoms with E-state index in [9.17, 15) is 4.39 Å². The first-order chi connectivity index (χ1) is 10.8. The highest BCUT2D eigenvalue weighted by Gasteiger charge is 2.28. The number of fused-ring (bicyclic) bond motifs is 1. The maximum absolute atomic E-state index is 13.4. The van der Waals surface area contributed by atoms with Crippen LogP contribution in [0.15, 0.2) is 36.4 Å². The molecule has 0 amide bonds. The van der Waals surface area contributed by atoms with E-state index in [-0.39, 0.29) is 6.04 Å². The van der Waals surface area contributed by atoms with Gasteiger partial charge < -0.3 is 14.4 Å². The average Bonchev–Trinajstić information content (AvgIpc) is 3.04. The monoisotopic (exact) mass is 300 g/mol. The van der Waals surface area contributed by atoms with E-state index in [0.717, 1.165) is 36.4 Å². The largest absolute Gasteiger partial charge is 0.486 e. The number of halogens is 1. The Bertz CT molecular complexity index is 692. The molecule has 2 aliphatic rings. The lowest BCUT2D eigenvalue weighted by Crippen LogP contribution is -2.24. The van der Waals surface area contributed by atoms with Crippen LogP contribution < -0.4 is 14.4 Å². The Morgan fingerprint density at radius 3 is 2.82 bits per heavy atom. The molecule has 3 heterocycles. The van der Waals surface area contributed by atoms with Gasteiger partial charge in [-0.15, -0.1) is 0 Å². The van der Waals surface area contributed by atoms with Crippen LogP contribution in [0.5, 0.6) is 11.5 Å². The van der Waals surface area contributed by atoms with Crippen LogP contribution in [-0.2, 0) is 0 Å². The molecule has 1 unspecified atom stereocenters. The first-order valence-corrected chi connectivity index (χ1v) is 7.60. The highest BCUT2D eigenvalue weighted by molar-refractivity contribution is 5.49. The van der Waals surface area contributed by atoms with Crippen LogP contribution in [0.3, 0.4) is 0 Å². The number of hydrogen-bond acceptors (Lipinski definition) is 4. The van der Waals surface area contributed by atoms with Gasteiger partial charge in [0.1, 0.15) is 19.0 Å². The molecule has 5 heteroatoms. The summed E-state index contributed by atoms with van der Waals surface area (Å²) < 4.78 is 24.6. The van der Waals surface area contributed by atoms with Crippen LogP contribution in [0.25, 0.3) is 0 Å². The van der Waals surface area contributed by atoms with Crippen LogP contribution in [-0.4, -0.2) is 24.7 Å². The van der Waals surface area contributed by atoms with Crippen molar-refractivity contribution in [2.24, 2.45) is 0 Å². The standard InChI is InChI=1S/C17H17FN2O2/c18-16-4-1-5-17(19-16)20-8-2-3-13(20)12-6-7-14-15(11-12)22-10-9-21-14/h1,4-7,11,13H,2-3,8-10H2. The Morgan fingerprint density at radius 2 is 1.95 bits per heavy atom. The van der Waals surface area contributed by atoms with Gasteiger partial charge >= 0.3 is 0 Å². The zero-order valence-corrected chi connectivity index (χ0v) is 12.2. The van der Waals surface area contributed by atoms with E-state index in [1.54, 1.807) is 6.07 Å². The molecule has 0 spiro atoms. The van der Waals surface area contributed by atoms with Crippen molar-refractivity contribution in [2.75, 3.05) is 24.7 Å². The third-order valence-corrected chi connectivity index (χ3v) is 4.20. The van der Waals surface area contributed by atoms with Gasteiger partial charge in [0.05, 0.1) is 6.04 Å². The first-order valence-electron chi connectivity index (χ1n) is 7.60. The summed E-state index contributed by atoms with van der Waals surface area (Å²) in [5.74, 6) is 1.84.